The molecule has 0 aromatic carbocycles. The number of piperidine rings is 1. The van der Waals surface area contributed by atoms with Gasteiger partial charge in [0, 0.05) is 37.5 Å². The van der Waals surface area contributed by atoms with Crippen molar-refractivity contribution in [3.8, 4) is 0 Å². The van der Waals surface area contributed by atoms with Crippen LogP contribution in [0.15, 0.2) is 30.6 Å². The van der Waals surface area contributed by atoms with Crippen LogP contribution in [0.25, 0.3) is 5.65 Å². The fraction of sp³-hybridized carbons (Fsp3) is 0.333. The number of aromatic nitrogens is 2. The van der Waals surface area contributed by atoms with E-state index in [0.717, 1.165) is 17.9 Å². The van der Waals surface area contributed by atoms with Crippen LogP contribution in [0.4, 0.5) is 0 Å². The van der Waals surface area contributed by atoms with Crippen molar-refractivity contribution in [1.82, 2.24) is 14.7 Å². The molecule has 1 N–H and O–H groups in total. The Kier molecular flexibility index (Phi) is 2.22. The summed E-state index contributed by atoms with van der Waals surface area (Å²) in [5, 5.41) is 3.38. The van der Waals surface area contributed by atoms with Crippen LogP contribution in [0.2, 0.25) is 0 Å². The van der Waals surface area contributed by atoms with Crippen molar-refractivity contribution in [2.24, 2.45) is 0 Å². The predicted molar refractivity (Wildman–Crippen MR) is 60.2 cm³/mol. The van der Waals surface area contributed by atoms with E-state index in [4.69, 9.17) is 0 Å². The van der Waals surface area contributed by atoms with Gasteiger partial charge in [-0.3, -0.25) is 4.79 Å². The van der Waals surface area contributed by atoms with Crippen molar-refractivity contribution < 1.29 is 4.79 Å². The fourth-order valence-corrected chi connectivity index (χ4v) is 2.25. The van der Waals surface area contributed by atoms with E-state index < -0.39 is 0 Å². The summed E-state index contributed by atoms with van der Waals surface area (Å²) >= 11 is 0. The molecule has 1 aliphatic heterocycles. The topological polar surface area (TPSA) is 46.4 Å². The molecule has 4 heteroatoms. The van der Waals surface area contributed by atoms with Gasteiger partial charge >= 0.3 is 0 Å². The van der Waals surface area contributed by atoms with Gasteiger partial charge in [0.05, 0.1) is 6.04 Å². The lowest BCUT2D eigenvalue weighted by atomic mass is 10.0. The van der Waals surface area contributed by atoms with E-state index in [-0.39, 0.29) is 6.04 Å². The van der Waals surface area contributed by atoms with Crippen molar-refractivity contribution in [2.75, 3.05) is 6.54 Å². The molecule has 16 heavy (non-hydrogen) atoms. The number of carbonyl (C=O) groups excluding carboxylic acids is 1. The van der Waals surface area contributed by atoms with Crippen LogP contribution in [0.5, 0.6) is 0 Å². The monoisotopic (exact) mass is 215 g/mol. The van der Waals surface area contributed by atoms with Gasteiger partial charge in [0.2, 0.25) is 0 Å². The van der Waals surface area contributed by atoms with Crippen molar-refractivity contribution in [2.45, 2.75) is 18.9 Å². The number of ketones is 1. The number of Topliss-reactive ketones (excluding diaryl/α,β-unsaturated/α-hetero) is 1. The van der Waals surface area contributed by atoms with E-state index in [1.807, 2.05) is 28.8 Å². The van der Waals surface area contributed by atoms with Gasteiger partial charge in [0.25, 0.3) is 0 Å². The van der Waals surface area contributed by atoms with Crippen molar-refractivity contribution in [1.29, 1.82) is 0 Å². The third-order valence-electron chi connectivity index (χ3n) is 3.04. The van der Waals surface area contributed by atoms with Crippen molar-refractivity contribution in [3.05, 3.63) is 36.3 Å². The highest BCUT2D eigenvalue weighted by Crippen LogP contribution is 2.21. The van der Waals surface area contributed by atoms with Gasteiger partial charge in [0.15, 0.2) is 0 Å². The molecule has 0 aliphatic carbocycles. The summed E-state index contributed by atoms with van der Waals surface area (Å²) in [6.45, 7) is 0.772. The molecule has 0 bridgehead atoms. The highest BCUT2D eigenvalue weighted by molar-refractivity contribution is 5.80. The zero-order valence-corrected chi connectivity index (χ0v) is 8.89. The maximum Gasteiger partial charge on any atom is 0.136 e. The zero-order valence-electron chi connectivity index (χ0n) is 8.89. The summed E-state index contributed by atoms with van der Waals surface area (Å²) in [6, 6.07) is 6.12. The summed E-state index contributed by atoms with van der Waals surface area (Å²) in [5.74, 6) is 0.334. The Labute approximate surface area is 93.3 Å². The number of rotatable bonds is 1. The second kappa shape index (κ2) is 3.72. The van der Waals surface area contributed by atoms with Gasteiger partial charge in [-0.2, -0.15) is 0 Å². The van der Waals surface area contributed by atoms with Gasteiger partial charge in [-0.1, -0.05) is 6.07 Å². The summed E-state index contributed by atoms with van der Waals surface area (Å²) < 4.78 is 2.04. The number of imidazole rings is 1. The molecule has 0 radical (unpaired) electrons. The van der Waals surface area contributed by atoms with Gasteiger partial charge in [-0.05, 0) is 12.1 Å². The molecule has 0 saturated carbocycles. The smallest absolute Gasteiger partial charge is 0.136 e. The molecule has 1 fully saturated rings. The first kappa shape index (κ1) is 9.54. The minimum atomic E-state index is 0.124. The Morgan fingerprint density at radius 3 is 3.25 bits per heavy atom. The first-order valence-electron chi connectivity index (χ1n) is 5.51. The lowest BCUT2D eigenvalue weighted by Crippen LogP contribution is -2.32. The molecular weight excluding hydrogens is 202 g/mol. The molecule has 2 aromatic heterocycles. The average molecular weight is 215 g/mol. The normalized spacial score (nSPS) is 21.5. The van der Waals surface area contributed by atoms with E-state index in [1.165, 1.54) is 0 Å². The highest BCUT2D eigenvalue weighted by atomic mass is 16.1. The van der Waals surface area contributed by atoms with E-state index in [0.29, 0.717) is 18.6 Å². The van der Waals surface area contributed by atoms with Gasteiger partial charge < -0.3 is 9.72 Å². The highest BCUT2D eigenvalue weighted by Gasteiger charge is 2.21. The summed E-state index contributed by atoms with van der Waals surface area (Å²) in [5.41, 5.74) is 2.04. The second-order valence-corrected chi connectivity index (χ2v) is 4.11. The molecule has 3 heterocycles. The summed E-state index contributed by atoms with van der Waals surface area (Å²) in [7, 11) is 0. The van der Waals surface area contributed by atoms with E-state index in [1.54, 1.807) is 6.20 Å². The Morgan fingerprint density at radius 1 is 1.44 bits per heavy atom. The standard InChI is InChI=1S/C12H13N3O/c16-9-4-5-13-10(8-9)11-2-1-3-12-14-6-7-15(11)12/h1-3,6-7,10,13H,4-5,8H2. The Morgan fingerprint density at radius 2 is 2.38 bits per heavy atom. The largest absolute Gasteiger partial charge is 0.308 e. The van der Waals surface area contributed by atoms with Crippen molar-refractivity contribution in [3.63, 3.8) is 0 Å². The van der Waals surface area contributed by atoms with Gasteiger partial charge in [0.1, 0.15) is 11.4 Å². The maximum atomic E-state index is 11.5. The number of fused-ring (bicyclic) bond motifs is 1. The number of carbonyl (C=O) groups is 1. The zero-order chi connectivity index (χ0) is 11.0. The number of nitrogens with zero attached hydrogens (tertiary/aromatic N) is 2. The molecular formula is C12H13N3O. The second-order valence-electron chi connectivity index (χ2n) is 4.11. The molecule has 1 atom stereocenters. The number of nitrogens with one attached hydrogen (secondary N) is 1. The molecule has 4 nitrogen and oxygen atoms in total. The fourth-order valence-electron chi connectivity index (χ4n) is 2.25. The number of hydrogen-bond donors (Lipinski definition) is 1. The van der Waals surface area contributed by atoms with Crippen LogP contribution in [-0.2, 0) is 4.79 Å². The number of hydrogen-bond acceptors (Lipinski definition) is 3. The SMILES string of the molecule is O=C1CCNC(c2cccc3nccn23)C1. The Hall–Kier alpha value is -1.68. The van der Waals surface area contributed by atoms with Gasteiger partial charge in [-0.25, -0.2) is 4.98 Å². The lowest BCUT2D eigenvalue weighted by molar-refractivity contribution is -0.120. The van der Waals surface area contributed by atoms with Gasteiger partial charge in [-0.15, -0.1) is 0 Å². The Balaban J connectivity index is 2.04. The summed E-state index contributed by atoms with van der Waals surface area (Å²) in [6.07, 6.45) is 4.95. The predicted octanol–water partition coefficient (Wildman–Crippen LogP) is 1.33. The number of pyridine rings is 1. The minimum absolute atomic E-state index is 0.124. The first-order valence-corrected chi connectivity index (χ1v) is 5.51. The van der Waals surface area contributed by atoms with Crippen LogP contribution in [-0.4, -0.2) is 21.7 Å². The summed E-state index contributed by atoms with van der Waals surface area (Å²) in [4.78, 5) is 15.7. The van der Waals surface area contributed by atoms with Crippen molar-refractivity contribution >= 4 is 11.4 Å². The third kappa shape index (κ3) is 1.51. The lowest BCUT2D eigenvalue weighted by Gasteiger charge is -2.23. The van der Waals surface area contributed by atoms with Crippen LogP contribution >= 0.6 is 0 Å². The van der Waals surface area contributed by atoms with E-state index in [2.05, 4.69) is 10.3 Å². The molecule has 1 unspecified atom stereocenters. The van der Waals surface area contributed by atoms with Crippen LogP contribution < -0.4 is 5.32 Å². The molecule has 3 rings (SSSR count). The van der Waals surface area contributed by atoms with Crippen LogP contribution in [0, 0.1) is 0 Å². The maximum absolute atomic E-state index is 11.5. The molecule has 0 spiro atoms. The molecule has 1 aliphatic rings. The van der Waals surface area contributed by atoms with E-state index in [9.17, 15) is 4.79 Å². The third-order valence-corrected chi connectivity index (χ3v) is 3.04. The van der Waals surface area contributed by atoms with Crippen LogP contribution in [0.1, 0.15) is 24.6 Å². The Bertz CT molecular complexity index is 532. The molecule has 0 amide bonds. The molecule has 82 valence electrons. The molecule has 2 aromatic rings. The average Bonchev–Trinajstić information content (AvgIpc) is 2.76. The minimum Gasteiger partial charge on any atom is -0.308 e. The molecule has 1 saturated heterocycles. The van der Waals surface area contributed by atoms with E-state index >= 15 is 0 Å². The van der Waals surface area contributed by atoms with Crippen LogP contribution in [0.3, 0.4) is 0 Å². The first-order chi connectivity index (χ1) is 7.84. The quantitative estimate of drug-likeness (QED) is 0.780.